The fraction of sp³-hybridized carbons (Fsp3) is 0.375. The van der Waals surface area contributed by atoms with Crippen molar-refractivity contribution in [1.82, 2.24) is 24.1 Å². The lowest BCUT2D eigenvalue weighted by Crippen LogP contribution is -2.38. The van der Waals surface area contributed by atoms with Gasteiger partial charge in [0.25, 0.3) is 5.56 Å². The SMILES string of the molecule is Cc1c(-c2cc(Cn3c(=O)ccn(C4CC4)c3=O)on2)cnn1C. The van der Waals surface area contributed by atoms with Gasteiger partial charge in [-0.2, -0.15) is 5.10 Å². The fourth-order valence-corrected chi connectivity index (χ4v) is 2.73. The van der Waals surface area contributed by atoms with Crippen molar-refractivity contribution in [3.8, 4) is 11.3 Å². The smallest absolute Gasteiger partial charge is 0.331 e. The maximum Gasteiger partial charge on any atom is 0.331 e. The predicted octanol–water partition coefficient (Wildman–Crippen LogP) is 1.09. The summed E-state index contributed by atoms with van der Waals surface area (Å²) < 4.78 is 9.86. The van der Waals surface area contributed by atoms with Gasteiger partial charge in [-0.05, 0) is 19.8 Å². The van der Waals surface area contributed by atoms with Crippen molar-refractivity contribution in [2.75, 3.05) is 0 Å². The Morgan fingerprint density at radius 3 is 2.79 bits per heavy atom. The molecule has 0 aromatic carbocycles. The average molecular weight is 327 g/mol. The van der Waals surface area contributed by atoms with Crippen LogP contribution in [0.1, 0.15) is 30.3 Å². The first-order chi connectivity index (χ1) is 11.5. The molecule has 1 aliphatic carbocycles. The maximum absolute atomic E-state index is 12.5. The van der Waals surface area contributed by atoms with Crippen LogP contribution in [-0.2, 0) is 13.6 Å². The normalized spacial score (nSPS) is 14.2. The monoisotopic (exact) mass is 327 g/mol. The summed E-state index contributed by atoms with van der Waals surface area (Å²) in [7, 11) is 1.85. The highest BCUT2D eigenvalue weighted by atomic mass is 16.5. The molecule has 8 heteroatoms. The highest BCUT2D eigenvalue weighted by Crippen LogP contribution is 2.32. The van der Waals surface area contributed by atoms with Crippen molar-refractivity contribution in [3.05, 3.63) is 56.8 Å². The fourth-order valence-electron chi connectivity index (χ4n) is 2.73. The van der Waals surface area contributed by atoms with Crippen molar-refractivity contribution in [2.45, 2.75) is 32.4 Å². The van der Waals surface area contributed by atoms with E-state index in [2.05, 4.69) is 10.3 Å². The Morgan fingerprint density at radius 2 is 2.12 bits per heavy atom. The van der Waals surface area contributed by atoms with Crippen LogP contribution in [0.3, 0.4) is 0 Å². The molecule has 0 bridgehead atoms. The van der Waals surface area contributed by atoms with Crippen molar-refractivity contribution in [2.24, 2.45) is 7.05 Å². The van der Waals surface area contributed by atoms with E-state index in [0.717, 1.165) is 24.1 Å². The summed E-state index contributed by atoms with van der Waals surface area (Å²) >= 11 is 0. The molecular formula is C16H17N5O3. The zero-order chi connectivity index (χ0) is 16.8. The van der Waals surface area contributed by atoms with Crippen molar-refractivity contribution < 1.29 is 4.52 Å². The average Bonchev–Trinajstić information content (AvgIpc) is 3.20. The van der Waals surface area contributed by atoms with Crippen LogP contribution >= 0.6 is 0 Å². The zero-order valence-electron chi connectivity index (χ0n) is 13.5. The molecule has 0 saturated heterocycles. The number of hydrogen-bond donors (Lipinski definition) is 0. The Kier molecular flexibility index (Phi) is 3.26. The summed E-state index contributed by atoms with van der Waals surface area (Å²) in [6, 6.07) is 3.37. The molecule has 3 aromatic rings. The van der Waals surface area contributed by atoms with Crippen molar-refractivity contribution >= 4 is 0 Å². The van der Waals surface area contributed by atoms with Crippen LogP contribution in [-0.4, -0.2) is 24.1 Å². The molecule has 0 N–H and O–H groups in total. The largest absolute Gasteiger partial charge is 0.359 e. The van der Waals surface area contributed by atoms with Gasteiger partial charge in [0.2, 0.25) is 0 Å². The van der Waals surface area contributed by atoms with Crippen LogP contribution in [0, 0.1) is 6.92 Å². The molecule has 0 atom stereocenters. The molecule has 0 unspecified atom stereocenters. The standard InChI is InChI=1S/C16H17N5O3/c1-10-13(8-17-19(10)2)14-7-12(24-18-14)9-21-15(22)5-6-20(16(21)23)11-3-4-11/h5-8,11H,3-4,9H2,1-2H3. The first kappa shape index (κ1) is 14.7. The van der Waals surface area contributed by atoms with Crippen LogP contribution in [0.25, 0.3) is 11.3 Å². The molecule has 8 nitrogen and oxygen atoms in total. The van der Waals surface area contributed by atoms with Crippen LogP contribution in [0.2, 0.25) is 0 Å². The second-order valence-electron chi connectivity index (χ2n) is 6.11. The molecule has 3 aromatic heterocycles. The van der Waals surface area contributed by atoms with E-state index in [-0.39, 0.29) is 23.8 Å². The third kappa shape index (κ3) is 2.40. The Morgan fingerprint density at radius 1 is 1.33 bits per heavy atom. The minimum Gasteiger partial charge on any atom is -0.359 e. The molecule has 0 spiro atoms. The van der Waals surface area contributed by atoms with E-state index in [1.807, 2.05) is 14.0 Å². The second kappa shape index (κ2) is 5.33. The van der Waals surface area contributed by atoms with E-state index in [1.54, 1.807) is 27.7 Å². The van der Waals surface area contributed by atoms with Gasteiger partial charge < -0.3 is 4.52 Å². The molecule has 4 rings (SSSR count). The lowest BCUT2D eigenvalue weighted by atomic mass is 10.2. The van der Waals surface area contributed by atoms with Crippen LogP contribution in [0.5, 0.6) is 0 Å². The molecule has 124 valence electrons. The van der Waals surface area contributed by atoms with Gasteiger partial charge in [-0.25, -0.2) is 4.79 Å². The summed E-state index contributed by atoms with van der Waals surface area (Å²) in [5.41, 5.74) is 1.82. The number of aromatic nitrogens is 5. The highest BCUT2D eigenvalue weighted by molar-refractivity contribution is 5.60. The van der Waals surface area contributed by atoms with Gasteiger partial charge in [-0.3, -0.25) is 18.6 Å². The third-order valence-electron chi connectivity index (χ3n) is 4.42. The molecule has 1 fully saturated rings. The highest BCUT2D eigenvalue weighted by Gasteiger charge is 2.25. The van der Waals surface area contributed by atoms with Gasteiger partial charge in [0.1, 0.15) is 5.69 Å². The summed E-state index contributed by atoms with van der Waals surface area (Å²) in [5, 5.41) is 8.21. The van der Waals surface area contributed by atoms with Gasteiger partial charge >= 0.3 is 5.69 Å². The molecule has 0 amide bonds. The number of rotatable bonds is 4. The van der Waals surface area contributed by atoms with Crippen LogP contribution < -0.4 is 11.2 Å². The van der Waals surface area contributed by atoms with E-state index in [1.165, 1.54) is 10.6 Å². The number of hydrogen-bond acceptors (Lipinski definition) is 5. The van der Waals surface area contributed by atoms with E-state index in [9.17, 15) is 9.59 Å². The maximum atomic E-state index is 12.5. The molecule has 3 heterocycles. The minimum absolute atomic E-state index is 0.0670. The predicted molar refractivity (Wildman–Crippen MR) is 85.8 cm³/mol. The molecule has 0 aliphatic heterocycles. The lowest BCUT2D eigenvalue weighted by molar-refractivity contribution is 0.372. The Balaban J connectivity index is 1.68. The number of aryl methyl sites for hydroxylation is 1. The van der Waals surface area contributed by atoms with E-state index >= 15 is 0 Å². The molecule has 0 radical (unpaired) electrons. The van der Waals surface area contributed by atoms with E-state index in [4.69, 9.17) is 4.52 Å². The summed E-state index contributed by atoms with van der Waals surface area (Å²) in [6.45, 7) is 2.00. The van der Waals surface area contributed by atoms with Crippen molar-refractivity contribution in [3.63, 3.8) is 0 Å². The second-order valence-corrected chi connectivity index (χ2v) is 6.11. The summed E-state index contributed by atoms with van der Waals surface area (Å²) in [4.78, 5) is 24.5. The van der Waals surface area contributed by atoms with Gasteiger partial charge in [0.05, 0.1) is 12.7 Å². The first-order valence-corrected chi connectivity index (χ1v) is 7.81. The van der Waals surface area contributed by atoms with E-state index < -0.39 is 0 Å². The lowest BCUT2D eigenvalue weighted by Gasteiger charge is -2.06. The van der Waals surface area contributed by atoms with Gasteiger partial charge in [-0.15, -0.1) is 0 Å². The first-order valence-electron chi connectivity index (χ1n) is 7.81. The van der Waals surface area contributed by atoms with Gasteiger partial charge in [0, 0.05) is 42.7 Å². The topological polar surface area (TPSA) is 87.8 Å². The molecule has 1 aliphatic rings. The summed E-state index contributed by atoms with van der Waals surface area (Å²) in [6.07, 6.45) is 5.24. The molecule has 24 heavy (non-hydrogen) atoms. The number of nitrogens with zero attached hydrogens (tertiary/aromatic N) is 5. The Labute approximate surface area is 136 Å². The van der Waals surface area contributed by atoms with Crippen LogP contribution in [0.4, 0.5) is 0 Å². The van der Waals surface area contributed by atoms with Crippen molar-refractivity contribution in [1.29, 1.82) is 0 Å². The van der Waals surface area contributed by atoms with Gasteiger partial charge in [-0.1, -0.05) is 5.16 Å². The molecule has 1 saturated carbocycles. The van der Waals surface area contributed by atoms with E-state index in [0.29, 0.717) is 11.5 Å². The molecular weight excluding hydrogens is 310 g/mol. The van der Waals surface area contributed by atoms with Gasteiger partial charge in [0.15, 0.2) is 5.76 Å². The summed E-state index contributed by atoms with van der Waals surface area (Å²) in [5.74, 6) is 0.459. The third-order valence-corrected chi connectivity index (χ3v) is 4.42. The Bertz CT molecular complexity index is 1020. The minimum atomic E-state index is -0.340. The quantitative estimate of drug-likeness (QED) is 0.716. The van der Waals surface area contributed by atoms with Crippen LogP contribution in [0.15, 0.2) is 38.6 Å². The zero-order valence-corrected chi connectivity index (χ0v) is 13.5. The Hall–Kier alpha value is -2.90.